The Morgan fingerprint density at radius 1 is 1.91 bits per heavy atom. The van der Waals surface area contributed by atoms with Gasteiger partial charge in [0.25, 0.3) is 0 Å². The second kappa shape index (κ2) is 5.73. The van der Waals surface area contributed by atoms with Crippen LogP contribution >= 0.6 is 0 Å². The average molecular weight is 159 g/mol. The van der Waals surface area contributed by atoms with Crippen LogP contribution < -0.4 is 5.32 Å². The third-order valence-electron chi connectivity index (χ3n) is 1.00. The maximum atomic E-state index is 10.6. The van der Waals surface area contributed by atoms with Crippen molar-refractivity contribution in [3.63, 3.8) is 0 Å². The lowest BCUT2D eigenvalue weighted by Gasteiger charge is -2.06. The van der Waals surface area contributed by atoms with Crippen LogP contribution in [0.4, 0.5) is 4.79 Å². The fourth-order valence-corrected chi connectivity index (χ4v) is 0.453. The van der Waals surface area contributed by atoms with Crippen LogP contribution in [-0.4, -0.2) is 30.5 Å². The molecule has 0 bridgehead atoms. The first-order valence-corrected chi connectivity index (χ1v) is 3.42. The average Bonchev–Trinajstić information content (AvgIpc) is 2.01. The first-order chi connectivity index (χ1) is 5.20. The summed E-state index contributed by atoms with van der Waals surface area (Å²) in [5.74, 6) is 0. The van der Waals surface area contributed by atoms with Gasteiger partial charge in [-0.1, -0.05) is 6.08 Å². The molecule has 4 heteroatoms. The van der Waals surface area contributed by atoms with Gasteiger partial charge in [0.15, 0.2) is 0 Å². The summed E-state index contributed by atoms with van der Waals surface area (Å²) in [6, 6.07) is 0. The number of hydrogen-bond acceptors (Lipinski definition) is 3. The molecule has 0 aliphatic carbocycles. The number of nitrogens with one attached hydrogen (secondary N) is 1. The Labute approximate surface area is 65.9 Å². The number of ether oxygens (including phenoxy) is 1. The van der Waals surface area contributed by atoms with Crippen molar-refractivity contribution < 1.29 is 14.6 Å². The quantitative estimate of drug-likeness (QED) is 0.579. The molecule has 4 nitrogen and oxygen atoms in total. The monoisotopic (exact) mass is 159 g/mol. The SMILES string of the molecule is C=CC(O)CNC(=O)OCC. The lowest BCUT2D eigenvalue weighted by atomic mass is 10.3. The zero-order chi connectivity index (χ0) is 8.69. The minimum absolute atomic E-state index is 0.141. The first-order valence-electron chi connectivity index (χ1n) is 3.42. The van der Waals surface area contributed by atoms with Crippen LogP contribution in [0, 0.1) is 0 Å². The fourth-order valence-electron chi connectivity index (χ4n) is 0.453. The van der Waals surface area contributed by atoms with E-state index in [-0.39, 0.29) is 6.54 Å². The Balaban J connectivity index is 3.37. The van der Waals surface area contributed by atoms with E-state index in [2.05, 4.69) is 16.6 Å². The molecule has 11 heavy (non-hydrogen) atoms. The normalized spacial score (nSPS) is 11.8. The van der Waals surface area contributed by atoms with Gasteiger partial charge in [0.05, 0.1) is 19.3 Å². The van der Waals surface area contributed by atoms with Crippen molar-refractivity contribution in [3.05, 3.63) is 12.7 Å². The smallest absolute Gasteiger partial charge is 0.407 e. The second-order valence-corrected chi connectivity index (χ2v) is 1.90. The predicted molar refractivity (Wildman–Crippen MR) is 41.2 cm³/mol. The Hall–Kier alpha value is -1.03. The highest BCUT2D eigenvalue weighted by Gasteiger charge is 2.01. The van der Waals surface area contributed by atoms with Gasteiger partial charge < -0.3 is 15.2 Å². The maximum absolute atomic E-state index is 10.6. The predicted octanol–water partition coefficient (Wildman–Crippen LogP) is 0.279. The van der Waals surface area contributed by atoms with E-state index in [4.69, 9.17) is 5.11 Å². The molecule has 1 amide bonds. The topological polar surface area (TPSA) is 58.6 Å². The molecule has 1 atom stereocenters. The number of aliphatic hydroxyl groups is 1. The van der Waals surface area contributed by atoms with Crippen LogP contribution in [0.2, 0.25) is 0 Å². The lowest BCUT2D eigenvalue weighted by molar-refractivity contribution is 0.144. The number of alkyl carbamates (subject to hydrolysis) is 1. The van der Waals surface area contributed by atoms with Crippen molar-refractivity contribution in [1.82, 2.24) is 5.32 Å². The molecule has 0 heterocycles. The summed E-state index contributed by atoms with van der Waals surface area (Å²) in [7, 11) is 0. The van der Waals surface area contributed by atoms with Crippen LogP contribution in [0.3, 0.4) is 0 Å². The highest BCUT2D eigenvalue weighted by Crippen LogP contribution is 1.81. The maximum Gasteiger partial charge on any atom is 0.407 e. The molecule has 0 saturated heterocycles. The van der Waals surface area contributed by atoms with Crippen molar-refractivity contribution in [3.8, 4) is 0 Å². The Morgan fingerprint density at radius 2 is 2.55 bits per heavy atom. The molecule has 0 aromatic heterocycles. The summed E-state index contributed by atoms with van der Waals surface area (Å²) in [5, 5.41) is 11.2. The lowest BCUT2D eigenvalue weighted by Crippen LogP contribution is -2.31. The number of aliphatic hydroxyl groups excluding tert-OH is 1. The fraction of sp³-hybridized carbons (Fsp3) is 0.571. The summed E-state index contributed by atoms with van der Waals surface area (Å²) in [6.45, 7) is 5.52. The van der Waals surface area contributed by atoms with Gasteiger partial charge in [-0.05, 0) is 6.92 Å². The van der Waals surface area contributed by atoms with Crippen molar-refractivity contribution in [2.24, 2.45) is 0 Å². The first kappa shape index (κ1) is 9.97. The van der Waals surface area contributed by atoms with Gasteiger partial charge in [-0.3, -0.25) is 0 Å². The third-order valence-corrected chi connectivity index (χ3v) is 1.00. The van der Waals surface area contributed by atoms with Crippen LogP contribution in [0.5, 0.6) is 0 Å². The molecule has 0 aromatic carbocycles. The van der Waals surface area contributed by atoms with E-state index in [0.717, 1.165) is 0 Å². The Bertz CT molecular complexity index is 136. The second-order valence-electron chi connectivity index (χ2n) is 1.90. The zero-order valence-corrected chi connectivity index (χ0v) is 6.54. The summed E-state index contributed by atoms with van der Waals surface area (Å²) < 4.78 is 4.54. The highest BCUT2D eigenvalue weighted by atomic mass is 16.5. The number of carbonyl (C=O) groups is 1. The van der Waals surface area contributed by atoms with E-state index in [1.165, 1.54) is 6.08 Å². The number of carbonyl (C=O) groups excluding carboxylic acids is 1. The standard InChI is InChI=1S/C7H13NO3/c1-3-6(9)5-8-7(10)11-4-2/h3,6,9H,1,4-5H2,2H3,(H,8,10). The molecular weight excluding hydrogens is 146 g/mol. The van der Waals surface area contributed by atoms with Gasteiger partial charge >= 0.3 is 6.09 Å². The van der Waals surface area contributed by atoms with Gasteiger partial charge in [-0.25, -0.2) is 4.79 Å². The van der Waals surface area contributed by atoms with Crippen molar-refractivity contribution in [1.29, 1.82) is 0 Å². The van der Waals surface area contributed by atoms with E-state index in [1.54, 1.807) is 6.92 Å². The molecule has 0 radical (unpaired) electrons. The van der Waals surface area contributed by atoms with Gasteiger partial charge in [0.2, 0.25) is 0 Å². The van der Waals surface area contributed by atoms with Crippen LogP contribution in [0.1, 0.15) is 6.92 Å². The van der Waals surface area contributed by atoms with Gasteiger partial charge in [0, 0.05) is 0 Å². The van der Waals surface area contributed by atoms with E-state index >= 15 is 0 Å². The molecule has 0 rings (SSSR count). The molecule has 2 N–H and O–H groups in total. The van der Waals surface area contributed by atoms with Crippen molar-refractivity contribution in [2.45, 2.75) is 13.0 Å². The summed E-state index contributed by atoms with van der Waals surface area (Å²) in [4.78, 5) is 10.6. The van der Waals surface area contributed by atoms with Crippen LogP contribution in [-0.2, 0) is 4.74 Å². The van der Waals surface area contributed by atoms with E-state index < -0.39 is 12.2 Å². The molecule has 0 fully saturated rings. The van der Waals surface area contributed by atoms with E-state index in [1.807, 2.05) is 0 Å². The van der Waals surface area contributed by atoms with Crippen molar-refractivity contribution >= 4 is 6.09 Å². The minimum Gasteiger partial charge on any atom is -0.450 e. The molecule has 1 unspecified atom stereocenters. The molecular formula is C7H13NO3. The number of amides is 1. The van der Waals surface area contributed by atoms with Crippen molar-refractivity contribution in [2.75, 3.05) is 13.2 Å². The Morgan fingerprint density at radius 3 is 3.00 bits per heavy atom. The summed E-state index contributed by atoms with van der Waals surface area (Å²) in [6.07, 6.45) is 0.111. The minimum atomic E-state index is -0.709. The van der Waals surface area contributed by atoms with Gasteiger partial charge in [-0.2, -0.15) is 0 Å². The zero-order valence-electron chi connectivity index (χ0n) is 6.54. The van der Waals surface area contributed by atoms with E-state index in [9.17, 15) is 4.79 Å². The molecule has 0 aliphatic heterocycles. The summed E-state index contributed by atoms with van der Waals surface area (Å²) >= 11 is 0. The Kier molecular flexibility index (Phi) is 5.20. The largest absolute Gasteiger partial charge is 0.450 e. The number of hydrogen-bond donors (Lipinski definition) is 2. The summed E-state index contributed by atoms with van der Waals surface area (Å²) in [5.41, 5.74) is 0. The molecule has 0 spiro atoms. The molecule has 0 aromatic rings. The molecule has 64 valence electrons. The van der Waals surface area contributed by atoms with Crippen LogP contribution in [0.25, 0.3) is 0 Å². The highest BCUT2D eigenvalue weighted by molar-refractivity contribution is 5.67. The van der Waals surface area contributed by atoms with Crippen LogP contribution in [0.15, 0.2) is 12.7 Å². The number of rotatable bonds is 4. The third kappa shape index (κ3) is 5.42. The molecule has 0 saturated carbocycles. The van der Waals surface area contributed by atoms with E-state index in [0.29, 0.717) is 6.61 Å². The van der Waals surface area contributed by atoms with Gasteiger partial charge in [0.1, 0.15) is 0 Å². The molecule has 0 aliphatic rings. The van der Waals surface area contributed by atoms with Gasteiger partial charge in [-0.15, -0.1) is 6.58 Å².